The van der Waals surface area contributed by atoms with Crippen LogP contribution in [0.3, 0.4) is 0 Å². The van der Waals surface area contributed by atoms with Gasteiger partial charge < -0.3 is 5.32 Å². The zero-order valence-corrected chi connectivity index (χ0v) is 13.4. The lowest BCUT2D eigenvalue weighted by atomic mass is 10.2. The van der Waals surface area contributed by atoms with Gasteiger partial charge >= 0.3 is 0 Å². The smallest absolute Gasteiger partial charge is 0.218 e. The Labute approximate surface area is 139 Å². The standard InChI is InChI=1S/C18H13N3O2S/c19-12-16(24(22,23)15-8-2-1-3-9-15)13-21-17-10-4-6-14-7-5-11-20-18(14)17/h1-11,13,21H/b16-13+. The molecule has 0 spiro atoms. The van der Waals surface area contributed by atoms with Gasteiger partial charge in [0.25, 0.3) is 0 Å². The average Bonchev–Trinajstić information content (AvgIpc) is 2.63. The van der Waals surface area contributed by atoms with Gasteiger partial charge in [-0.05, 0) is 24.3 Å². The van der Waals surface area contributed by atoms with Gasteiger partial charge in [-0.3, -0.25) is 4.98 Å². The Balaban J connectivity index is 1.99. The maximum Gasteiger partial charge on any atom is 0.218 e. The Kier molecular flexibility index (Phi) is 4.27. The van der Waals surface area contributed by atoms with Crippen LogP contribution in [0.5, 0.6) is 0 Å². The highest BCUT2D eigenvalue weighted by molar-refractivity contribution is 7.95. The van der Waals surface area contributed by atoms with Crippen LogP contribution in [-0.2, 0) is 9.84 Å². The maximum atomic E-state index is 12.5. The fraction of sp³-hybridized carbons (Fsp3) is 0. The number of aromatic nitrogens is 1. The molecule has 1 heterocycles. The zero-order valence-electron chi connectivity index (χ0n) is 12.5. The third-order valence-corrected chi connectivity index (χ3v) is 5.13. The van der Waals surface area contributed by atoms with Crippen LogP contribution >= 0.6 is 0 Å². The van der Waals surface area contributed by atoms with Crippen molar-refractivity contribution in [2.75, 3.05) is 5.32 Å². The second-order valence-corrected chi connectivity index (χ2v) is 6.88. The summed E-state index contributed by atoms with van der Waals surface area (Å²) in [6.07, 6.45) is 2.86. The second-order valence-electron chi connectivity index (χ2n) is 4.96. The number of fused-ring (bicyclic) bond motifs is 1. The normalized spacial score (nSPS) is 11.9. The van der Waals surface area contributed by atoms with Gasteiger partial charge in [0.1, 0.15) is 6.07 Å². The van der Waals surface area contributed by atoms with Crippen LogP contribution in [0.15, 0.2) is 82.9 Å². The summed E-state index contributed by atoms with van der Waals surface area (Å²) in [5, 5.41) is 13.1. The summed E-state index contributed by atoms with van der Waals surface area (Å²) in [6.45, 7) is 0. The van der Waals surface area contributed by atoms with Crippen LogP contribution in [-0.4, -0.2) is 13.4 Å². The van der Waals surface area contributed by atoms with E-state index in [-0.39, 0.29) is 9.80 Å². The predicted molar refractivity (Wildman–Crippen MR) is 92.7 cm³/mol. The van der Waals surface area contributed by atoms with E-state index in [1.807, 2.05) is 24.3 Å². The van der Waals surface area contributed by atoms with Crippen molar-refractivity contribution in [2.24, 2.45) is 0 Å². The number of nitrogens with one attached hydrogen (secondary N) is 1. The van der Waals surface area contributed by atoms with Gasteiger partial charge in [-0.25, -0.2) is 8.42 Å². The van der Waals surface area contributed by atoms with Gasteiger partial charge in [0.15, 0.2) is 4.91 Å². The van der Waals surface area contributed by atoms with Gasteiger partial charge in [0.05, 0.1) is 16.1 Å². The minimum atomic E-state index is -3.86. The lowest BCUT2D eigenvalue weighted by Crippen LogP contribution is -2.05. The first-order valence-corrected chi connectivity index (χ1v) is 8.62. The van der Waals surface area contributed by atoms with E-state index in [1.54, 1.807) is 36.5 Å². The van der Waals surface area contributed by atoms with Crippen molar-refractivity contribution in [1.29, 1.82) is 5.26 Å². The minimum Gasteiger partial charge on any atom is -0.358 e. The van der Waals surface area contributed by atoms with Crippen molar-refractivity contribution in [3.63, 3.8) is 0 Å². The molecular weight excluding hydrogens is 322 g/mol. The lowest BCUT2D eigenvalue weighted by molar-refractivity contribution is 0.603. The molecule has 0 saturated heterocycles. The quantitative estimate of drug-likeness (QED) is 0.738. The topological polar surface area (TPSA) is 82.8 Å². The summed E-state index contributed by atoms with van der Waals surface area (Å²) in [4.78, 5) is 4.00. The molecule has 1 aromatic heterocycles. The van der Waals surface area contributed by atoms with Crippen LogP contribution in [0.1, 0.15) is 0 Å². The first kappa shape index (κ1) is 15.7. The van der Waals surface area contributed by atoms with Crippen LogP contribution in [0.25, 0.3) is 10.9 Å². The van der Waals surface area contributed by atoms with E-state index in [4.69, 9.17) is 0 Å². The highest BCUT2D eigenvalue weighted by Gasteiger charge is 2.20. The Morgan fingerprint density at radius 1 is 1.04 bits per heavy atom. The molecule has 0 aliphatic heterocycles. The van der Waals surface area contributed by atoms with Crippen LogP contribution in [0.4, 0.5) is 5.69 Å². The molecule has 3 rings (SSSR count). The molecule has 0 unspecified atom stereocenters. The van der Waals surface area contributed by atoms with Gasteiger partial charge in [0, 0.05) is 17.8 Å². The highest BCUT2D eigenvalue weighted by Crippen LogP contribution is 2.22. The Bertz CT molecular complexity index is 1050. The molecule has 24 heavy (non-hydrogen) atoms. The second kappa shape index (κ2) is 6.52. The summed E-state index contributed by atoms with van der Waals surface area (Å²) in [5.74, 6) is 0. The lowest BCUT2D eigenvalue weighted by Gasteiger charge is -2.07. The van der Waals surface area contributed by atoms with E-state index < -0.39 is 9.84 Å². The van der Waals surface area contributed by atoms with E-state index in [9.17, 15) is 13.7 Å². The number of sulfone groups is 1. The molecule has 0 fully saturated rings. The third kappa shape index (κ3) is 2.98. The monoisotopic (exact) mass is 335 g/mol. The van der Waals surface area contributed by atoms with Crippen molar-refractivity contribution < 1.29 is 8.42 Å². The molecule has 0 aliphatic rings. The fourth-order valence-corrected chi connectivity index (χ4v) is 3.36. The summed E-state index contributed by atoms with van der Waals surface area (Å²) < 4.78 is 25.0. The van der Waals surface area contributed by atoms with Gasteiger partial charge in [-0.1, -0.05) is 36.4 Å². The fourth-order valence-electron chi connectivity index (χ4n) is 2.26. The van der Waals surface area contributed by atoms with E-state index >= 15 is 0 Å². The summed E-state index contributed by atoms with van der Waals surface area (Å²) in [5.41, 5.74) is 1.33. The van der Waals surface area contributed by atoms with Crippen LogP contribution in [0, 0.1) is 11.3 Å². The van der Waals surface area contributed by atoms with E-state index in [2.05, 4.69) is 10.3 Å². The van der Waals surface area contributed by atoms with E-state index in [0.717, 1.165) is 5.39 Å². The number of nitrogens with zero attached hydrogens (tertiary/aromatic N) is 2. The zero-order chi connectivity index (χ0) is 17.0. The molecule has 0 radical (unpaired) electrons. The van der Waals surface area contributed by atoms with Crippen molar-refractivity contribution >= 4 is 26.4 Å². The summed E-state index contributed by atoms with van der Waals surface area (Å²) in [7, 11) is -3.86. The molecule has 6 heteroatoms. The van der Waals surface area contributed by atoms with Crippen molar-refractivity contribution in [3.05, 3.63) is 78.0 Å². The SMILES string of the molecule is N#C/C(=C\Nc1cccc2cccnc12)S(=O)(=O)c1ccccc1. The molecule has 118 valence electrons. The van der Waals surface area contributed by atoms with E-state index in [1.165, 1.54) is 18.3 Å². The molecule has 0 atom stereocenters. The van der Waals surface area contributed by atoms with E-state index in [0.29, 0.717) is 11.2 Å². The number of allylic oxidation sites excluding steroid dienone is 1. The van der Waals surface area contributed by atoms with Crippen molar-refractivity contribution in [1.82, 2.24) is 4.98 Å². The average molecular weight is 335 g/mol. The molecule has 3 aromatic rings. The first-order chi connectivity index (χ1) is 11.6. The molecule has 2 aromatic carbocycles. The molecule has 0 aliphatic carbocycles. The molecule has 0 bridgehead atoms. The number of pyridine rings is 1. The van der Waals surface area contributed by atoms with Gasteiger partial charge in [-0.15, -0.1) is 0 Å². The molecule has 0 amide bonds. The number of nitriles is 1. The number of benzene rings is 2. The predicted octanol–water partition coefficient (Wildman–Crippen LogP) is 3.49. The molecular formula is C18H13N3O2S. The Morgan fingerprint density at radius 3 is 2.54 bits per heavy atom. The molecule has 0 saturated carbocycles. The summed E-state index contributed by atoms with van der Waals surface area (Å²) >= 11 is 0. The van der Waals surface area contributed by atoms with Crippen LogP contribution < -0.4 is 5.32 Å². The van der Waals surface area contributed by atoms with Gasteiger partial charge in [0.2, 0.25) is 9.84 Å². The summed E-state index contributed by atoms with van der Waals surface area (Å²) in [6, 6.07) is 18.9. The Morgan fingerprint density at radius 2 is 1.79 bits per heavy atom. The Hall–Kier alpha value is -3.17. The number of hydrogen-bond donors (Lipinski definition) is 1. The highest BCUT2D eigenvalue weighted by atomic mass is 32.2. The van der Waals surface area contributed by atoms with Gasteiger partial charge in [-0.2, -0.15) is 5.26 Å². The first-order valence-electron chi connectivity index (χ1n) is 7.13. The molecule has 5 nitrogen and oxygen atoms in total. The number of rotatable bonds is 4. The van der Waals surface area contributed by atoms with Crippen LogP contribution in [0.2, 0.25) is 0 Å². The number of anilines is 1. The van der Waals surface area contributed by atoms with Crippen molar-refractivity contribution in [3.8, 4) is 6.07 Å². The van der Waals surface area contributed by atoms with Crippen molar-refractivity contribution in [2.45, 2.75) is 4.90 Å². The maximum absolute atomic E-state index is 12.5. The molecule has 1 N–H and O–H groups in total. The number of hydrogen-bond acceptors (Lipinski definition) is 5. The minimum absolute atomic E-state index is 0.0793. The third-order valence-electron chi connectivity index (χ3n) is 3.44. The largest absolute Gasteiger partial charge is 0.358 e. The number of para-hydroxylation sites is 1.